The minimum atomic E-state index is -1.02. The van der Waals surface area contributed by atoms with Crippen molar-refractivity contribution in [2.75, 3.05) is 13.1 Å². The molecule has 1 aliphatic rings. The number of hydrogen-bond donors (Lipinski definition) is 0. The summed E-state index contributed by atoms with van der Waals surface area (Å²) in [5.41, 5.74) is 1.51. The lowest BCUT2D eigenvalue weighted by Crippen LogP contribution is -2.25. The number of para-hydroxylation sites is 2. The minimum Gasteiger partial charge on any atom is -0.438 e. The van der Waals surface area contributed by atoms with Crippen LogP contribution in [0.4, 0.5) is 4.39 Å². The van der Waals surface area contributed by atoms with Crippen LogP contribution in [0.15, 0.2) is 41.1 Å². The Kier molecular flexibility index (Phi) is 4.03. The van der Waals surface area contributed by atoms with Gasteiger partial charge in [-0.05, 0) is 12.1 Å². The summed E-state index contributed by atoms with van der Waals surface area (Å²) in [6.07, 6.45) is 2.15. The summed E-state index contributed by atoms with van der Waals surface area (Å²) in [5, 5.41) is 0. The second-order valence-corrected chi connectivity index (χ2v) is 6.09. The number of aromatic nitrogens is 3. The highest BCUT2D eigenvalue weighted by molar-refractivity contribution is 5.72. The number of alkyl halides is 1. The molecular weight excluding hydrogens is 311 g/mol. The third-order valence-corrected chi connectivity index (χ3v) is 4.32. The van der Waals surface area contributed by atoms with Gasteiger partial charge in [0.2, 0.25) is 5.89 Å². The highest BCUT2D eigenvalue weighted by Gasteiger charge is 2.34. The molecule has 2 aromatic heterocycles. The third kappa shape index (κ3) is 3.05. The first-order chi connectivity index (χ1) is 11.7. The summed E-state index contributed by atoms with van der Waals surface area (Å²) in [6.45, 7) is 1.68. The van der Waals surface area contributed by atoms with Crippen molar-refractivity contribution >= 4 is 11.1 Å². The second kappa shape index (κ2) is 6.33. The van der Waals surface area contributed by atoms with Gasteiger partial charge in [0.15, 0.2) is 5.58 Å². The highest BCUT2D eigenvalue weighted by Crippen LogP contribution is 2.21. The third-order valence-electron chi connectivity index (χ3n) is 4.32. The van der Waals surface area contributed by atoms with Gasteiger partial charge in [-0.15, -0.1) is 0 Å². The SMILES string of the molecule is Cn1ccnc1CN1C[C@@H](F)[C@@H](OCc2nc3ccccc3o2)C1. The summed E-state index contributed by atoms with van der Waals surface area (Å²) in [7, 11) is 1.94. The van der Waals surface area contributed by atoms with E-state index in [0.29, 0.717) is 25.5 Å². The van der Waals surface area contributed by atoms with Gasteiger partial charge in [-0.3, -0.25) is 4.90 Å². The quantitative estimate of drug-likeness (QED) is 0.718. The standard InChI is InChI=1S/C17H19FN4O2/c1-21-7-6-19-16(21)10-22-8-12(18)15(9-22)23-11-17-20-13-4-2-3-5-14(13)24-17/h2-7,12,15H,8-11H2,1H3/t12-,15+/m1/s1. The maximum absolute atomic E-state index is 14.2. The van der Waals surface area contributed by atoms with Crippen molar-refractivity contribution in [3.8, 4) is 0 Å². The van der Waals surface area contributed by atoms with Crippen molar-refractivity contribution in [1.82, 2.24) is 19.4 Å². The number of oxazole rings is 1. The van der Waals surface area contributed by atoms with E-state index in [9.17, 15) is 4.39 Å². The van der Waals surface area contributed by atoms with Crippen LogP contribution in [0.3, 0.4) is 0 Å². The van der Waals surface area contributed by atoms with Crippen LogP contribution in [0.1, 0.15) is 11.7 Å². The molecule has 126 valence electrons. The van der Waals surface area contributed by atoms with E-state index in [2.05, 4.69) is 9.97 Å². The molecule has 7 heteroatoms. The predicted molar refractivity (Wildman–Crippen MR) is 86.0 cm³/mol. The molecule has 1 fully saturated rings. The summed E-state index contributed by atoms with van der Waals surface area (Å²) < 4.78 is 27.5. The number of nitrogens with zero attached hydrogens (tertiary/aromatic N) is 4. The number of halogens is 1. The minimum absolute atomic E-state index is 0.177. The number of fused-ring (bicyclic) bond motifs is 1. The Bertz CT molecular complexity index is 798. The number of benzene rings is 1. The lowest BCUT2D eigenvalue weighted by Gasteiger charge is -2.15. The monoisotopic (exact) mass is 330 g/mol. The maximum Gasteiger partial charge on any atom is 0.221 e. The Hall–Kier alpha value is -2.25. The largest absolute Gasteiger partial charge is 0.438 e. The average molecular weight is 330 g/mol. The topological polar surface area (TPSA) is 56.3 Å². The molecule has 0 unspecified atom stereocenters. The molecule has 2 atom stereocenters. The first-order valence-corrected chi connectivity index (χ1v) is 7.98. The molecule has 0 radical (unpaired) electrons. The molecule has 4 rings (SSSR count). The van der Waals surface area contributed by atoms with Crippen LogP contribution in [-0.4, -0.2) is 44.8 Å². The van der Waals surface area contributed by atoms with Crippen LogP contribution in [0.2, 0.25) is 0 Å². The molecule has 1 aliphatic heterocycles. The summed E-state index contributed by atoms with van der Waals surface area (Å²) in [4.78, 5) is 10.6. The van der Waals surface area contributed by atoms with Crippen molar-refractivity contribution < 1.29 is 13.5 Å². The fourth-order valence-corrected chi connectivity index (χ4v) is 3.00. The molecule has 1 aromatic carbocycles. The number of ether oxygens (including phenoxy) is 1. The number of aryl methyl sites for hydroxylation is 1. The molecule has 1 saturated heterocycles. The van der Waals surface area contributed by atoms with Crippen LogP contribution in [0.25, 0.3) is 11.1 Å². The van der Waals surface area contributed by atoms with Gasteiger partial charge in [-0.1, -0.05) is 12.1 Å². The van der Waals surface area contributed by atoms with Crippen molar-refractivity contribution in [2.45, 2.75) is 25.4 Å². The van der Waals surface area contributed by atoms with Crippen molar-refractivity contribution in [1.29, 1.82) is 0 Å². The van der Waals surface area contributed by atoms with E-state index in [1.165, 1.54) is 0 Å². The van der Waals surface area contributed by atoms with E-state index in [-0.39, 0.29) is 6.61 Å². The van der Waals surface area contributed by atoms with E-state index in [1.807, 2.05) is 47.0 Å². The van der Waals surface area contributed by atoms with E-state index >= 15 is 0 Å². The van der Waals surface area contributed by atoms with Gasteiger partial charge < -0.3 is 13.7 Å². The van der Waals surface area contributed by atoms with Gasteiger partial charge in [0.05, 0.1) is 6.54 Å². The lowest BCUT2D eigenvalue weighted by molar-refractivity contribution is 0.00233. The van der Waals surface area contributed by atoms with Crippen LogP contribution < -0.4 is 0 Å². The molecule has 0 bridgehead atoms. The van der Waals surface area contributed by atoms with E-state index in [4.69, 9.17) is 9.15 Å². The molecular formula is C17H19FN4O2. The van der Waals surface area contributed by atoms with E-state index in [1.54, 1.807) is 6.20 Å². The fourth-order valence-electron chi connectivity index (χ4n) is 3.00. The van der Waals surface area contributed by atoms with Gasteiger partial charge in [0.25, 0.3) is 0 Å². The maximum atomic E-state index is 14.2. The highest BCUT2D eigenvalue weighted by atomic mass is 19.1. The Labute approximate surface area is 138 Å². The summed E-state index contributed by atoms with van der Waals surface area (Å²) >= 11 is 0. The van der Waals surface area contributed by atoms with Crippen molar-refractivity contribution in [2.24, 2.45) is 7.05 Å². The number of imidazole rings is 1. The van der Waals surface area contributed by atoms with Crippen molar-refractivity contribution in [3.05, 3.63) is 48.4 Å². The Morgan fingerprint density at radius 3 is 3.00 bits per heavy atom. The number of rotatable bonds is 5. The molecule has 3 heterocycles. The Morgan fingerprint density at radius 1 is 1.33 bits per heavy atom. The van der Waals surface area contributed by atoms with Crippen LogP contribution >= 0.6 is 0 Å². The summed E-state index contributed by atoms with van der Waals surface area (Å²) in [6, 6.07) is 7.53. The molecule has 6 nitrogen and oxygen atoms in total. The smallest absolute Gasteiger partial charge is 0.221 e. The number of hydrogen-bond acceptors (Lipinski definition) is 5. The van der Waals surface area contributed by atoms with Crippen molar-refractivity contribution in [3.63, 3.8) is 0 Å². The number of likely N-dealkylation sites (tertiary alicyclic amines) is 1. The molecule has 3 aromatic rings. The first-order valence-electron chi connectivity index (χ1n) is 7.98. The first kappa shape index (κ1) is 15.3. The van der Waals surface area contributed by atoms with E-state index in [0.717, 1.165) is 16.9 Å². The molecule has 0 N–H and O–H groups in total. The zero-order chi connectivity index (χ0) is 16.5. The zero-order valence-electron chi connectivity index (χ0n) is 13.4. The molecule has 24 heavy (non-hydrogen) atoms. The van der Waals surface area contributed by atoms with Crippen LogP contribution in [0, 0.1) is 0 Å². The zero-order valence-corrected chi connectivity index (χ0v) is 13.4. The van der Waals surface area contributed by atoms with Gasteiger partial charge in [0.1, 0.15) is 30.2 Å². The molecule has 0 aliphatic carbocycles. The van der Waals surface area contributed by atoms with Gasteiger partial charge in [-0.2, -0.15) is 0 Å². The fraction of sp³-hybridized carbons (Fsp3) is 0.412. The Balaban J connectivity index is 1.35. The van der Waals surface area contributed by atoms with Crippen LogP contribution in [0.5, 0.6) is 0 Å². The van der Waals surface area contributed by atoms with Gasteiger partial charge in [0, 0.05) is 32.5 Å². The molecule has 0 saturated carbocycles. The van der Waals surface area contributed by atoms with Gasteiger partial charge >= 0.3 is 0 Å². The van der Waals surface area contributed by atoms with E-state index < -0.39 is 12.3 Å². The summed E-state index contributed by atoms with van der Waals surface area (Å²) in [5.74, 6) is 1.40. The van der Waals surface area contributed by atoms with Crippen LogP contribution in [-0.2, 0) is 24.9 Å². The average Bonchev–Trinajstić information content (AvgIpc) is 3.25. The predicted octanol–water partition coefficient (Wildman–Crippen LogP) is 2.30. The molecule has 0 amide bonds. The molecule has 0 spiro atoms. The second-order valence-electron chi connectivity index (χ2n) is 6.09. The Morgan fingerprint density at radius 2 is 2.21 bits per heavy atom. The van der Waals surface area contributed by atoms with Gasteiger partial charge in [-0.25, -0.2) is 14.4 Å². The lowest BCUT2D eigenvalue weighted by atomic mass is 10.3. The normalized spacial score (nSPS) is 21.8.